The van der Waals surface area contributed by atoms with Gasteiger partial charge in [0.05, 0.1) is 12.0 Å². The lowest BCUT2D eigenvalue weighted by molar-refractivity contribution is -0.131. The van der Waals surface area contributed by atoms with Crippen LogP contribution in [0.4, 0.5) is 0 Å². The van der Waals surface area contributed by atoms with E-state index in [-0.39, 0.29) is 0 Å². The second-order valence-electron chi connectivity index (χ2n) is 3.20. The molecule has 1 aromatic heterocycles. The van der Waals surface area contributed by atoms with E-state index < -0.39 is 5.97 Å². The topological polar surface area (TPSA) is 55.1 Å². The molecule has 1 heterocycles. The summed E-state index contributed by atoms with van der Waals surface area (Å²) in [5.41, 5.74) is 1.74. The van der Waals surface area contributed by atoms with Crippen molar-refractivity contribution in [3.63, 3.8) is 0 Å². The van der Waals surface area contributed by atoms with E-state index in [0.29, 0.717) is 0 Å². The first kappa shape index (κ1) is 10.2. The Hall–Kier alpha value is -2.36. The third-order valence-electron chi connectivity index (χ3n) is 2.12. The van der Waals surface area contributed by atoms with Crippen LogP contribution in [0.5, 0.6) is 0 Å². The highest BCUT2D eigenvalue weighted by Crippen LogP contribution is 2.15. The van der Waals surface area contributed by atoms with Crippen LogP contribution in [-0.2, 0) is 4.79 Å². The van der Waals surface area contributed by atoms with Crippen LogP contribution in [0.15, 0.2) is 49.1 Å². The van der Waals surface area contributed by atoms with E-state index in [9.17, 15) is 4.79 Å². The summed E-state index contributed by atoms with van der Waals surface area (Å²) in [5, 5.41) is 8.59. The molecule has 0 amide bonds. The number of hydrogen-bond donors (Lipinski definition) is 1. The molecule has 2 aromatic rings. The van der Waals surface area contributed by atoms with Gasteiger partial charge in [-0.3, -0.25) is 0 Å². The van der Waals surface area contributed by atoms with E-state index in [1.165, 1.54) is 0 Å². The van der Waals surface area contributed by atoms with Gasteiger partial charge in [-0.05, 0) is 17.7 Å². The van der Waals surface area contributed by atoms with Gasteiger partial charge in [-0.1, -0.05) is 18.2 Å². The zero-order valence-corrected chi connectivity index (χ0v) is 8.45. The smallest absolute Gasteiger partial charge is 0.328 e. The van der Waals surface area contributed by atoms with E-state index in [1.54, 1.807) is 18.6 Å². The lowest BCUT2D eigenvalue weighted by Gasteiger charge is -2.05. The molecule has 0 spiro atoms. The summed E-state index contributed by atoms with van der Waals surface area (Å²) in [7, 11) is 0. The number of carboxylic acids is 1. The van der Waals surface area contributed by atoms with Crippen LogP contribution in [0.25, 0.3) is 11.8 Å². The van der Waals surface area contributed by atoms with Gasteiger partial charge in [0.15, 0.2) is 0 Å². The van der Waals surface area contributed by atoms with Crippen molar-refractivity contribution < 1.29 is 9.90 Å². The largest absolute Gasteiger partial charge is 0.478 e. The number of aliphatic carboxylic acids is 1. The summed E-state index contributed by atoms with van der Waals surface area (Å²) in [4.78, 5) is 14.4. The molecule has 0 bridgehead atoms. The minimum atomic E-state index is -0.958. The van der Waals surface area contributed by atoms with Crippen molar-refractivity contribution >= 4 is 12.0 Å². The van der Waals surface area contributed by atoms with Crippen molar-refractivity contribution in [2.45, 2.75) is 0 Å². The van der Waals surface area contributed by atoms with Crippen LogP contribution in [0.1, 0.15) is 5.56 Å². The first-order valence-corrected chi connectivity index (χ1v) is 4.76. The predicted molar refractivity (Wildman–Crippen MR) is 60.2 cm³/mol. The summed E-state index contributed by atoms with van der Waals surface area (Å²) in [6.45, 7) is 0. The molecule has 0 saturated heterocycles. The molecule has 4 heteroatoms. The maximum Gasteiger partial charge on any atom is 0.328 e. The Morgan fingerprint density at radius 1 is 1.38 bits per heavy atom. The van der Waals surface area contributed by atoms with Crippen molar-refractivity contribution in [1.29, 1.82) is 0 Å². The normalized spacial score (nSPS) is 10.8. The van der Waals surface area contributed by atoms with Gasteiger partial charge in [-0.15, -0.1) is 0 Å². The fourth-order valence-corrected chi connectivity index (χ4v) is 1.43. The average molecular weight is 214 g/mol. The van der Waals surface area contributed by atoms with Crippen molar-refractivity contribution in [3.8, 4) is 5.69 Å². The van der Waals surface area contributed by atoms with Crippen molar-refractivity contribution in [3.05, 3.63) is 54.6 Å². The number of nitrogens with zero attached hydrogens (tertiary/aromatic N) is 2. The van der Waals surface area contributed by atoms with Crippen molar-refractivity contribution in [1.82, 2.24) is 9.55 Å². The number of aromatic nitrogens is 2. The molecule has 16 heavy (non-hydrogen) atoms. The number of para-hydroxylation sites is 1. The van der Waals surface area contributed by atoms with E-state index in [4.69, 9.17) is 5.11 Å². The quantitative estimate of drug-likeness (QED) is 0.795. The van der Waals surface area contributed by atoms with Crippen LogP contribution in [0.2, 0.25) is 0 Å². The highest BCUT2D eigenvalue weighted by molar-refractivity contribution is 5.86. The Kier molecular flexibility index (Phi) is 2.82. The van der Waals surface area contributed by atoms with E-state index in [2.05, 4.69) is 4.98 Å². The van der Waals surface area contributed by atoms with Gasteiger partial charge in [0.25, 0.3) is 0 Å². The van der Waals surface area contributed by atoms with Gasteiger partial charge in [0, 0.05) is 18.5 Å². The lowest BCUT2D eigenvalue weighted by atomic mass is 10.1. The molecule has 0 aliphatic rings. The molecule has 0 radical (unpaired) electrons. The Labute approximate surface area is 92.5 Å². The maximum absolute atomic E-state index is 10.5. The van der Waals surface area contributed by atoms with Gasteiger partial charge in [-0.25, -0.2) is 9.78 Å². The first-order valence-electron chi connectivity index (χ1n) is 4.76. The standard InChI is InChI=1S/C12H10N2O2/c15-12(16)6-5-10-3-1-2-4-11(10)14-8-7-13-9-14/h1-9H,(H,15,16)/b6-5+. The number of hydrogen-bond acceptors (Lipinski definition) is 2. The van der Waals surface area contributed by atoms with E-state index in [0.717, 1.165) is 17.3 Å². The third kappa shape index (κ3) is 2.17. The molecule has 80 valence electrons. The molecular formula is C12H10N2O2. The van der Waals surface area contributed by atoms with Crippen molar-refractivity contribution in [2.24, 2.45) is 0 Å². The molecule has 2 rings (SSSR count). The van der Waals surface area contributed by atoms with Crippen molar-refractivity contribution in [2.75, 3.05) is 0 Å². The molecule has 1 aromatic carbocycles. The van der Waals surface area contributed by atoms with Crippen LogP contribution in [0.3, 0.4) is 0 Å². The molecule has 0 atom stereocenters. The van der Waals surface area contributed by atoms with Crippen LogP contribution >= 0.6 is 0 Å². The van der Waals surface area contributed by atoms with Gasteiger partial charge < -0.3 is 9.67 Å². The molecule has 0 aliphatic carbocycles. The number of imidazole rings is 1. The summed E-state index contributed by atoms with van der Waals surface area (Å²) >= 11 is 0. The van der Waals surface area contributed by atoms with Gasteiger partial charge in [0.2, 0.25) is 0 Å². The summed E-state index contributed by atoms with van der Waals surface area (Å²) in [6.07, 6.45) is 7.85. The zero-order valence-electron chi connectivity index (χ0n) is 8.45. The lowest BCUT2D eigenvalue weighted by Crippen LogP contribution is -1.94. The number of benzene rings is 1. The summed E-state index contributed by atoms with van der Waals surface area (Å²) < 4.78 is 1.83. The minimum absolute atomic E-state index is 0.836. The molecular weight excluding hydrogens is 204 g/mol. The second kappa shape index (κ2) is 4.44. The highest BCUT2D eigenvalue weighted by Gasteiger charge is 2.00. The first-order chi connectivity index (χ1) is 7.77. The second-order valence-corrected chi connectivity index (χ2v) is 3.20. The molecule has 1 N–H and O–H groups in total. The maximum atomic E-state index is 10.5. The molecule has 4 nitrogen and oxygen atoms in total. The predicted octanol–water partition coefficient (Wildman–Crippen LogP) is 1.97. The third-order valence-corrected chi connectivity index (χ3v) is 2.12. The van der Waals surface area contributed by atoms with Crippen LogP contribution < -0.4 is 0 Å². The number of carbonyl (C=O) groups is 1. The fourth-order valence-electron chi connectivity index (χ4n) is 1.43. The molecule has 0 fully saturated rings. The monoisotopic (exact) mass is 214 g/mol. The Balaban J connectivity index is 2.42. The Bertz CT molecular complexity index is 516. The van der Waals surface area contributed by atoms with Crippen LogP contribution in [0, 0.1) is 0 Å². The SMILES string of the molecule is O=C(O)/C=C/c1ccccc1-n1ccnc1. The number of carboxylic acid groups (broad SMARTS) is 1. The summed E-state index contributed by atoms with van der Waals surface area (Å²) in [6, 6.07) is 7.52. The average Bonchev–Trinajstić information content (AvgIpc) is 2.80. The summed E-state index contributed by atoms with van der Waals surface area (Å²) in [5.74, 6) is -0.958. The van der Waals surface area contributed by atoms with Gasteiger partial charge in [-0.2, -0.15) is 0 Å². The fraction of sp³-hybridized carbons (Fsp3) is 0. The van der Waals surface area contributed by atoms with Gasteiger partial charge >= 0.3 is 5.97 Å². The zero-order chi connectivity index (χ0) is 11.4. The van der Waals surface area contributed by atoms with Gasteiger partial charge in [0.1, 0.15) is 0 Å². The molecule has 0 saturated carbocycles. The van der Waals surface area contributed by atoms with E-state index >= 15 is 0 Å². The Morgan fingerprint density at radius 3 is 2.88 bits per heavy atom. The Morgan fingerprint density at radius 2 is 2.19 bits per heavy atom. The molecule has 0 aliphatic heterocycles. The highest BCUT2D eigenvalue weighted by atomic mass is 16.4. The minimum Gasteiger partial charge on any atom is -0.478 e. The van der Waals surface area contributed by atoms with E-state index in [1.807, 2.05) is 35.0 Å². The van der Waals surface area contributed by atoms with Crippen LogP contribution in [-0.4, -0.2) is 20.6 Å². The molecule has 0 unspecified atom stereocenters. The number of rotatable bonds is 3.